The Bertz CT molecular complexity index is 419. The average Bonchev–Trinajstić information content (AvgIpc) is 2.44. The Morgan fingerprint density at radius 1 is 1.32 bits per heavy atom. The van der Waals surface area contributed by atoms with Crippen LogP contribution in [-0.2, 0) is 16.1 Å². The summed E-state index contributed by atoms with van der Waals surface area (Å²) in [6.07, 6.45) is 0.337. The summed E-state index contributed by atoms with van der Waals surface area (Å²) in [6, 6.07) is 9.87. The van der Waals surface area contributed by atoms with Gasteiger partial charge in [-0.15, -0.1) is 0 Å². The van der Waals surface area contributed by atoms with Crippen LogP contribution in [-0.4, -0.2) is 47.1 Å². The number of carbonyl (C=O) groups is 2. The maximum Gasteiger partial charge on any atom is 0.315 e. The molecule has 5 heteroatoms. The highest BCUT2D eigenvalue weighted by Gasteiger charge is 2.32. The molecule has 1 heterocycles. The lowest BCUT2D eigenvalue weighted by Crippen LogP contribution is -2.43. The minimum Gasteiger partial charge on any atom is -0.481 e. The van der Waals surface area contributed by atoms with Crippen molar-refractivity contribution in [3.05, 3.63) is 35.9 Å². The van der Waals surface area contributed by atoms with Crippen LogP contribution in [0.1, 0.15) is 12.0 Å². The van der Waals surface area contributed by atoms with Gasteiger partial charge in [-0.05, 0) is 5.56 Å². The van der Waals surface area contributed by atoms with E-state index in [0.717, 1.165) is 12.7 Å². The Kier molecular flexibility index (Phi) is 6.18. The van der Waals surface area contributed by atoms with Gasteiger partial charge in [0.2, 0.25) is 0 Å². The van der Waals surface area contributed by atoms with E-state index in [1.807, 2.05) is 35.2 Å². The summed E-state index contributed by atoms with van der Waals surface area (Å²) in [5.74, 6) is -2.01. The van der Waals surface area contributed by atoms with Gasteiger partial charge >= 0.3 is 5.97 Å². The van der Waals surface area contributed by atoms with Gasteiger partial charge in [-0.3, -0.25) is 14.5 Å². The van der Waals surface area contributed by atoms with E-state index < -0.39 is 11.9 Å². The first-order valence-electron chi connectivity index (χ1n) is 6.13. The van der Waals surface area contributed by atoms with Crippen LogP contribution in [0.5, 0.6) is 0 Å². The Labute approximate surface area is 112 Å². The number of carboxylic acids is 1. The molecular weight excluding hydrogens is 246 g/mol. The second-order valence-corrected chi connectivity index (χ2v) is 4.33. The molecule has 1 aliphatic rings. The van der Waals surface area contributed by atoms with E-state index in [2.05, 4.69) is 0 Å². The molecule has 1 atom stereocenters. The Morgan fingerprint density at radius 2 is 1.95 bits per heavy atom. The monoisotopic (exact) mass is 265 g/mol. The van der Waals surface area contributed by atoms with Crippen molar-refractivity contribution in [2.45, 2.75) is 13.0 Å². The SMILES string of the molecule is CO.O=C(O)C1CN(Cc2ccccc2)CCC1=O. The van der Waals surface area contributed by atoms with Crippen molar-refractivity contribution in [1.82, 2.24) is 4.90 Å². The first-order chi connectivity index (χ1) is 9.16. The van der Waals surface area contributed by atoms with E-state index in [9.17, 15) is 9.59 Å². The van der Waals surface area contributed by atoms with Crippen molar-refractivity contribution in [3.63, 3.8) is 0 Å². The lowest BCUT2D eigenvalue weighted by atomic mass is 9.96. The normalized spacial score (nSPS) is 19.5. The van der Waals surface area contributed by atoms with E-state index in [1.165, 1.54) is 0 Å². The van der Waals surface area contributed by atoms with E-state index in [0.29, 0.717) is 26.1 Å². The third-order valence-corrected chi connectivity index (χ3v) is 3.05. The molecule has 19 heavy (non-hydrogen) atoms. The molecule has 0 aromatic heterocycles. The molecule has 0 aliphatic carbocycles. The number of ketones is 1. The zero-order valence-corrected chi connectivity index (χ0v) is 11.0. The number of nitrogens with zero attached hydrogens (tertiary/aromatic N) is 1. The number of aliphatic carboxylic acids is 1. The van der Waals surface area contributed by atoms with Crippen molar-refractivity contribution in [3.8, 4) is 0 Å². The molecule has 1 aromatic carbocycles. The maximum absolute atomic E-state index is 11.4. The van der Waals surface area contributed by atoms with E-state index in [-0.39, 0.29) is 5.78 Å². The number of benzene rings is 1. The molecule has 0 spiro atoms. The van der Waals surface area contributed by atoms with Crippen LogP contribution >= 0.6 is 0 Å². The molecule has 1 fully saturated rings. The number of hydrogen-bond acceptors (Lipinski definition) is 4. The fraction of sp³-hybridized carbons (Fsp3) is 0.429. The summed E-state index contributed by atoms with van der Waals surface area (Å²) in [7, 11) is 1.00. The number of carboxylic acid groups (broad SMARTS) is 1. The second kappa shape index (κ2) is 7.66. The predicted octanol–water partition coefficient (Wildman–Crippen LogP) is 0.771. The maximum atomic E-state index is 11.4. The Balaban J connectivity index is 0.000000861. The summed E-state index contributed by atoms with van der Waals surface area (Å²) in [6.45, 7) is 1.68. The van der Waals surface area contributed by atoms with Gasteiger partial charge in [0, 0.05) is 33.2 Å². The highest BCUT2D eigenvalue weighted by Crippen LogP contribution is 2.16. The number of carbonyl (C=O) groups excluding carboxylic acids is 1. The van der Waals surface area contributed by atoms with Gasteiger partial charge in [-0.1, -0.05) is 30.3 Å². The molecule has 1 saturated heterocycles. The number of rotatable bonds is 3. The molecule has 0 bridgehead atoms. The minimum atomic E-state index is -1.01. The molecule has 2 N–H and O–H groups in total. The summed E-state index contributed by atoms with van der Waals surface area (Å²) in [4.78, 5) is 24.4. The van der Waals surface area contributed by atoms with Gasteiger partial charge in [-0.2, -0.15) is 0 Å². The van der Waals surface area contributed by atoms with E-state index in [1.54, 1.807) is 0 Å². The molecule has 2 rings (SSSR count). The molecule has 1 aromatic rings. The molecule has 1 unspecified atom stereocenters. The minimum absolute atomic E-state index is 0.151. The number of piperidine rings is 1. The molecule has 5 nitrogen and oxygen atoms in total. The first-order valence-corrected chi connectivity index (χ1v) is 6.13. The zero-order valence-electron chi connectivity index (χ0n) is 11.0. The van der Waals surface area contributed by atoms with E-state index in [4.69, 9.17) is 10.2 Å². The van der Waals surface area contributed by atoms with Crippen LogP contribution in [0.4, 0.5) is 0 Å². The summed E-state index contributed by atoms with van der Waals surface area (Å²) in [5, 5.41) is 15.9. The lowest BCUT2D eigenvalue weighted by Gasteiger charge is -2.29. The fourth-order valence-corrected chi connectivity index (χ4v) is 2.09. The van der Waals surface area contributed by atoms with Gasteiger partial charge in [0.25, 0.3) is 0 Å². The van der Waals surface area contributed by atoms with Gasteiger partial charge in [-0.25, -0.2) is 0 Å². The number of aliphatic hydroxyl groups excluding tert-OH is 1. The van der Waals surface area contributed by atoms with Crippen molar-refractivity contribution in [2.75, 3.05) is 20.2 Å². The highest BCUT2D eigenvalue weighted by atomic mass is 16.4. The summed E-state index contributed by atoms with van der Waals surface area (Å²) < 4.78 is 0. The molecule has 0 saturated carbocycles. The smallest absolute Gasteiger partial charge is 0.315 e. The van der Waals surface area contributed by atoms with Crippen molar-refractivity contribution in [2.24, 2.45) is 5.92 Å². The molecule has 104 valence electrons. The topological polar surface area (TPSA) is 77.8 Å². The van der Waals surface area contributed by atoms with E-state index >= 15 is 0 Å². The second-order valence-electron chi connectivity index (χ2n) is 4.33. The van der Waals surface area contributed by atoms with Gasteiger partial charge in [0.1, 0.15) is 11.7 Å². The molecule has 0 radical (unpaired) electrons. The largest absolute Gasteiger partial charge is 0.481 e. The third-order valence-electron chi connectivity index (χ3n) is 3.05. The van der Waals surface area contributed by atoms with Crippen molar-refractivity contribution in [1.29, 1.82) is 0 Å². The lowest BCUT2D eigenvalue weighted by molar-refractivity contribution is -0.148. The zero-order chi connectivity index (χ0) is 14.3. The quantitative estimate of drug-likeness (QED) is 0.789. The van der Waals surface area contributed by atoms with Crippen LogP contribution in [0, 0.1) is 5.92 Å². The standard InChI is InChI=1S/C13H15NO3.CH4O/c15-12-6-7-14(9-11(12)13(16)17)8-10-4-2-1-3-5-10;1-2/h1-5,11H,6-9H2,(H,16,17);2H,1H3. The predicted molar refractivity (Wildman–Crippen MR) is 70.6 cm³/mol. The van der Waals surface area contributed by atoms with Crippen LogP contribution in [0.15, 0.2) is 30.3 Å². The number of aliphatic hydroxyl groups is 1. The summed E-state index contributed by atoms with van der Waals surface area (Å²) in [5.41, 5.74) is 1.14. The number of hydrogen-bond donors (Lipinski definition) is 2. The van der Waals surface area contributed by atoms with Gasteiger partial charge < -0.3 is 10.2 Å². The average molecular weight is 265 g/mol. The van der Waals surface area contributed by atoms with Crippen LogP contribution < -0.4 is 0 Å². The van der Waals surface area contributed by atoms with Crippen LogP contribution in [0.3, 0.4) is 0 Å². The third kappa shape index (κ3) is 4.46. The molecular formula is C14H19NO4. The number of Topliss-reactive ketones (excluding diaryl/α,β-unsaturated/α-hetero) is 1. The molecule has 1 aliphatic heterocycles. The van der Waals surface area contributed by atoms with Crippen LogP contribution in [0.25, 0.3) is 0 Å². The van der Waals surface area contributed by atoms with Gasteiger partial charge in [0.15, 0.2) is 0 Å². The van der Waals surface area contributed by atoms with Crippen molar-refractivity contribution < 1.29 is 19.8 Å². The summed E-state index contributed by atoms with van der Waals surface area (Å²) >= 11 is 0. The molecule has 0 amide bonds. The fourth-order valence-electron chi connectivity index (χ4n) is 2.09. The van der Waals surface area contributed by atoms with Crippen LogP contribution in [0.2, 0.25) is 0 Å². The first kappa shape index (κ1) is 15.3. The Morgan fingerprint density at radius 3 is 2.53 bits per heavy atom. The highest BCUT2D eigenvalue weighted by molar-refractivity contribution is 5.99. The van der Waals surface area contributed by atoms with Crippen molar-refractivity contribution >= 4 is 11.8 Å². The van der Waals surface area contributed by atoms with Gasteiger partial charge in [0.05, 0.1) is 0 Å². The number of likely N-dealkylation sites (tertiary alicyclic amines) is 1. The Hall–Kier alpha value is -1.72.